The summed E-state index contributed by atoms with van der Waals surface area (Å²) in [5.41, 5.74) is 2.79. The van der Waals surface area contributed by atoms with Crippen molar-refractivity contribution in [1.29, 1.82) is 0 Å². The molecular weight excluding hydrogens is 206 g/mol. The van der Waals surface area contributed by atoms with E-state index in [-0.39, 0.29) is 5.69 Å². The SMILES string of the molecule is Cc1cnc(-c2ccc([N+](=O)[O-])cc2C)[nH]1. The first kappa shape index (κ1) is 10.4. The Morgan fingerprint density at radius 3 is 2.62 bits per heavy atom. The van der Waals surface area contributed by atoms with Gasteiger partial charge in [-0.1, -0.05) is 0 Å². The Morgan fingerprint density at radius 1 is 1.38 bits per heavy atom. The Hall–Kier alpha value is -2.17. The zero-order chi connectivity index (χ0) is 11.7. The number of nitrogens with zero attached hydrogens (tertiary/aromatic N) is 2. The number of nitrogens with one attached hydrogen (secondary N) is 1. The number of non-ortho nitro benzene ring substituents is 1. The number of aromatic amines is 1. The maximum Gasteiger partial charge on any atom is 0.269 e. The van der Waals surface area contributed by atoms with Crippen LogP contribution in [0.2, 0.25) is 0 Å². The minimum atomic E-state index is -0.399. The summed E-state index contributed by atoms with van der Waals surface area (Å²) in [6.07, 6.45) is 1.73. The number of nitro benzene ring substituents is 1. The van der Waals surface area contributed by atoms with Crippen molar-refractivity contribution in [1.82, 2.24) is 9.97 Å². The van der Waals surface area contributed by atoms with Crippen LogP contribution in [0.25, 0.3) is 11.4 Å². The number of benzene rings is 1. The Labute approximate surface area is 92.3 Å². The van der Waals surface area contributed by atoms with Crippen molar-refractivity contribution in [3.8, 4) is 11.4 Å². The highest BCUT2D eigenvalue weighted by molar-refractivity contribution is 5.62. The summed E-state index contributed by atoms with van der Waals surface area (Å²) in [5, 5.41) is 10.6. The van der Waals surface area contributed by atoms with Crippen LogP contribution in [0.15, 0.2) is 24.4 Å². The first-order chi connectivity index (χ1) is 7.58. The van der Waals surface area contributed by atoms with Crippen molar-refractivity contribution in [2.45, 2.75) is 13.8 Å². The number of H-pyrrole nitrogens is 1. The van der Waals surface area contributed by atoms with Crippen LogP contribution in [0.3, 0.4) is 0 Å². The fourth-order valence-electron chi connectivity index (χ4n) is 1.58. The molecule has 0 unspecified atom stereocenters. The second-order valence-corrected chi connectivity index (χ2v) is 3.67. The van der Waals surface area contributed by atoms with Crippen LogP contribution in [-0.4, -0.2) is 14.9 Å². The van der Waals surface area contributed by atoms with Crippen LogP contribution in [0.5, 0.6) is 0 Å². The number of aryl methyl sites for hydroxylation is 2. The standard InChI is InChI=1S/C11H11N3O2/c1-7-5-9(14(15)16)3-4-10(7)11-12-6-8(2)13-11/h3-6H,1-2H3,(H,12,13). The van der Waals surface area contributed by atoms with E-state index in [1.54, 1.807) is 18.3 Å². The van der Waals surface area contributed by atoms with Crippen molar-refractivity contribution in [2.24, 2.45) is 0 Å². The van der Waals surface area contributed by atoms with Crippen LogP contribution >= 0.6 is 0 Å². The number of hydrogen-bond acceptors (Lipinski definition) is 3. The fourth-order valence-corrected chi connectivity index (χ4v) is 1.58. The van der Waals surface area contributed by atoms with Crippen molar-refractivity contribution < 1.29 is 4.92 Å². The lowest BCUT2D eigenvalue weighted by Crippen LogP contribution is -1.91. The molecule has 0 saturated heterocycles. The van der Waals surface area contributed by atoms with Gasteiger partial charge in [-0.05, 0) is 25.5 Å². The molecular formula is C11H11N3O2. The van der Waals surface area contributed by atoms with Crippen LogP contribution in [-0.2, 0) is 0 Å². The molecule has 2 aromatic rings. The predicted molar refractivity (Wildman–Crippen MR) is 60.2 cm³/mol. The molecule has 0 radical (unpaired) electrons. The van der Waals surface area contributed by atoms with Crippen molar-refractivity contribution in [2.75, 3.05) is 0 Å². The van der Waals surface area contributed by atoms with E-state index in [4.69, 9.17) is 0 Å². The molecule has 0 spiro atoms. The highest BCUT2D eigenvalue weighted by Gasteiger charge is 2.10. The molecule has 0 aliphatic rings. The number of hydrogen-bond donors (Lipinski definition) is 1. The van der Waals surface area contributed by atoms with E-state index >= 15 is 0 Å². The Balaban J connectivity index is 2.47. The molecule has 0 aliphatic heterocycles. The highest BCUT2D eigenvalue weighted by atomic mass is 16.6. The molecule has 0 saturated carbocycles. The molecule has 0 atom stereocenters. The van der Waals surface area contributed by atoms with Gasteiger partial charge in [0.2, 0.25) is 0 Å². The molecule has 82 valence electrons. The van der Waals surface area contributed by atoms with Gasteiger partial charge in [0, 0.05) is 29.6 Å². The Morgan fingerprint density at radius 2 is 2.12 bits per heavy atom. The molecule has 5 heteroatoms. The molecule has 0 bridgehead atoms. The second-order valence-electron chi connectivity index (χ2n) is 3.67. The first-order valence-electron chi connectivity index (χ1n) is 4.85. The van der Waals surface area contributed by atoms with Gasteiger partial charge in [-0.2, -0.15) is 0 Å². The average molecular weight is 217 g/mol. The van der Waals surface area contributed by atoms with E-state index in [2.05, 4.69) is 9.97 Å². The first-order valence-corrected chi connectivity index (χ1v) is 4.85. The van der Waals surface area contributed by atoms with Gasteiger partial charge in [0.15, 0.2) is 0 Å². The topological polar surface area (TPSA) is 71.8 Å². The lowest BCUT2D eigenvalue weighted by molar-refractivity contribution is -0.384. The summed E-state index contributed by atoms with van der Waals surface area (Å²) in [6.45, 7) is 3.75. The number of aromatic nitrogens is 2. The molecule has 1 N–H and O–H groups in total. The van der Waals surface area contributed by atoms with Gasteiger partial charge < -0.3 is 4.98 Å². The van der Waals surface area contributed by atoms with E-state index in [9.17, 15) is 10.1 Å². The van der Waals surface area contributed by atoms with Crippen LogP contribution in [0.4, 0.5) is 5.69 Å². The zero-order valence-corrected chi connectivity index (χ0v) is 9.02. The summed E-state index contributed by atoms with van der Waals surface area (Å²) in [5.74, 6) is 0.741. The Kier molecular flexibility index (Phi) is 2.44. The van der Waals surface area contributed by atoms with Gasteiger partial charge in [0.25, 0.3) is 5.69 Å². The third-order valence-electron chi connectivity index (χ3n) is 2.38. The minimum Gasteiger partial charge on any atom is -0.342 e. The maximum atomic E-state index is 10.6. The monoisotopic (exact) mass is 217 g/mol. The van der Waals surface area contributed by atoms with Crippen LogP contribution in [0, 0.1) is 24.0 Å². The van der Waals surface area contributed by atoms with Crippen molar-refractivity contribution >= 4 is 5.69 Å². The van der Waals surface area contributed by atoms with E-state index < -0.39 is 4.92 Å². The predicted octanol–water partition coefficient (Wildman–Crippen LogP) is 2.60. The third-order valence-corrected chi connectivity index (χ3v) is 2.38. The fraction of sp³-hybridized carbons (Fsp3) is 0.182. The molecule has 0 fully saturated rings. The summed E-state index contributed by atoms with van der Waals surface area (Å²) in [6, 6.07) is 4.75. The largest absolute Gasteiger partial charge is 0.342 e. The van der Waals surface area contributed by atoms with Gasteiger partial charge >= 0.3 is 0 Å². The van der Waals surface area contributed by atoms with E-state index in [0.29, 0.717) is 0 Å². The van der Waals surface area contributed by atoms with Crippen LogP contribution in [0.1, 0.15) is 11.3 Å². The van der Waals surface area contributed by atoms with Crippen molar-refractivity contribution in [3.63, 3.8) is 0 Å². The van der Waals surface area contributed by atoms with E-state index in [1.807, 2.05) is 13.8 Å². The molecule has 2 rings (SSSR count). The highest BCUT2D eigenvalue weighted by Crippen LogP contribution is 2.24. The normalized spacial score (nSPS) is 10.4. The zero-order valence-electron chi connectivity index (χ0n) is 9.02. The smallest absolute Gasteiger partial charge is 0.269 e. The molecule has 1 aromatic heterocycles. The summed E-state index contributed by atoms with van der Waals surface area (Å²) in [7, 11) is 0. The second kappa shape index (κ2) is 3.77. The van der Waals surface area contributed by atoms with E-state index in [0.717, 1.165) is 22.6 Å². The van der Waals surface area contributed by atoms with Gasteiger partial charge in [-0.3, -0.25) is 10.1 Å². The molecule has 1 heterocycles. The molecule has 16 heavy (non-hydrogen) atoms. The van der Waals surface area contributed by atoms with Crippen molar-refractivity contribution in [3.05, 3.63) is 45.8 Å². The van der Waals surface area contributed by atoms with Gasteiger partial charge in [-0.15, -0.1) is 0 Å². The molecule has 5 nitrogen and oxygen atoms in total. The third kappa shape index (κ3) is 1.79. The van der Waals surface area contributed by atoms with E-state index in [1.165, 1.54) is 6.07 Å². The maximum absolute atomic E-state index is 10.6. The quantitative estimate of drug-likeness (QED) is 0.620. The molecule has 1 aromatic carbocycles. The van der Waals surface area contributed by atoms with Gasteiger partial charge in [0.1, 0.15) is 5.82 Å². The lowest BCUT2D eigenvalue weighted by Gasteiger charge is -2.01. The summed E-state index contributed by atoms with van der Waals surface area (Å²) >= 11 is 0. The number of imidazole rings is 1. The molecule has 0 aliphatic carbocycles. The number of nitro groups is 1. The summed E-state index contributed by atoms with van der Waals surface area (Å²) < 4.78 is 0. The minimum absolute atomic E-state index is 0.101. The average Bonchev–Trinajstić information content (AvgIpc) is 2.64. The lowest BCUT2D eigenvalue weighted by atomic mass is 10.1. The van der Waals surface area contributed by atoms with Crippen LogP contribution < -0.4 is 0 Å². The van der Waals surface area contributed by atoms with Gasteiger partial charge in [0.05, 0.1) is 4.92 Å². The summed E-state index contributed by atoms with van der Waals surface area (Å²) in [4.78, 5) is 17.5. The molecule has 0 amide bonds. The number of rotatable bonds is 2. The van der Waals surface area contributed by atoms with Gasteiger partial charge in [-0.25, -0.2) is 4.98 Å². The Bertz CT molecular complexity index is 546.